The molecule has 1 aromatic carbocycles. The van der Waals surface area contributed by atoms with E-state index < -0.39 is 5.97 Å². The van der Waals surface area contributed by atoms with Gasteiger partial charge in [0, 0.05) is 5.92 Å². The molecule has 3 rings (SSSR count). The van der Waals surface area contributed by atoms with E-state index in [1.54, 1.807) is 22.9 Å². The molecule has 0 saturated heterocycles. The Morgan fingerprint density at radius 2 is 2.11 bits per heavy atom. The summed E-state index contributed by atoms with van der Waals surface area (Å²) in [5.74, 6) is 0.265. The highest BCUT2D eigenvalue weighted by Gasteiger charge is 2.23. The summed E-state index contributed by atoms with van der Waals surface area (Å²) < 4.78 is 1.66. The number of carbonyl (C=O) groups is 1. The summed E-state index contributed by atoms with van der Waals surface area (Å²) in [6.07, 6.45) is 4.59. The first-order chi connectivity index (χ1) is 9.25. The molecule has 0 atom stereocenters. The molecule has 1 N–H and O–H groups in total. The summed E-state index contributed by atoms with van der Waals surface area (Å²) in [7, 11) is 0. The Morgan fingerprint density at radius 3 is 2.84 bits per heavy atom. The second-order valence-corrected chi connectivity index (χ2v) is 4.79. The summed E-state index contributed by atoms with van der Waals surface area (Å²) in [4.78, 5) is 11.0. The lowest BCUT2D eigenvalue weighted by molar-refractivity contribution is 0.0697. The van der Waals surface area contributed by atoms with Crippen LogP contribution in [0.1, 0.15) is 47.8 Å². The summed E-state index contributed by atoms with van der Waals surface area (Å²) in [5.41, 5.74) is 0.942. The molecule has 1 aliphatic rings. The van der Waals surface area contributed by atoms with Crippen molar-refractivity contribution >= 4 is 5.97 Å². The number of hydrogen-bond donors (Lipinski definition) is 1. The zero-order valence-electron chi connectivity index (χ0n) is 10.4. The van der Waals surface area contributed by atoms with Gasteiger partial charge in [0.15, 0.2) is 5.82 Å². The fraction of sp³-hybridized carbons (Fsp3) is 0.385. The van der Waals surface area contributed by atoms with Crippen molar-refractivity contribution in [1.82, 2.24) is 20.2 Å². The summed E-state index contributed by atoms with van der Waals surface area (Å²) in [6, 6.07) is 6.68. The van der Waals surface area contributed by atoms with Crippen molar-refractivity contribution in [1.29, 1.82) is 0 Å². The first kappa shape index (κ1) is 11.8. The highest BCUT2D eigenvalue weighted by molar-refractivity contribution is 5.88. The van der Waals surface area contributed by atoms with E-state index in [1.807, 2.05) is 6.07 Å². The topological polar surface area (TPSA) is 80.9 Å². The van der Waals surface area contributed by atoms with Gasteiger partial charge in [-0.3, -0.25) is 0 Å². The van der Waals surface area contributed by atoms with Crippen LogP contribution in [0.3, 0.4) is 0 Å². The van der Waals surface area contributed by atoms with Crippen molar-refractivity contribution in [3.05, 3.63) is 35.7 Å². The molecule has 0 bridgehead atoms. The van der Waals surface area contributed by atoms with Gasteiger partial charge in [-0.2, -0.15) is 4.68 Å². The Labute approximate surface area is 110 Å². The SMILES string of the molecule is O=C(O)c1cccc(-n2nnnc2C2CCCC2)c1. The Balaban J connectivity index is 2.00. The molecule has 6 heteroatoms. The maximum Gasteiger partial charge on any atom is 0.335 e. The Kier molecular flexibility index (Phi) is 2.98. The second-order valence-electron chi connectivity index (χ2n) is 4.79. The molecule has 98 valence electrons. The molecule has 1 aromatic heterocycles. The third-order valence-corrected chi connectivity index (χ3v) is 3.55. The number of benzene rings is 1. The molecular weight excluding hydrogens is 244 g/mol. The van der Waals surface area contributed by atoms with Gasteiger partial charge in [0.1, 0.15) is 0 Å². The zero-order valence-corrected chi connectivity index (χ0v) is 10.4. The molecule has 1 fully saturated rings. The van der Waals surface area contributed by atoms with E-state index in [4.69, 9.17) is 5.11 Å². The minimum atomic E-state index is -0.947. The number of carboxylic acids is 1. The van der Waals surface area contributed by atoms with Crippen LogP contribution in [0, 0.1) is 0 Å². The molecule has 2 aromatic rings. The van der Waals surface area contributed by atoms with Crippen molar-refractivity contribution in [3.8, 4) is 5.69 Å². The number of tetrazole rings is 1. The van der Waals surface area contributed by atoms with Crippen molar-refractivity contribution in [2.75, 3.05) is 0 Å². The molecule has 19 heavy (non-hydrogen) atoms. The average Bonchev–Trinajstić information content (AvgIpc) is 3.09. The van der Waals surface area contributed by atoms with Gasteiger partial charge >= 0.3 is 5.97 Å². The smallest absolute Gasteiger partial charge is 0.335 e. The quantitative estimate of drug-likeness (QED) is 0.910. The maximum atomic E-state index is 11.0. The van der Waals surface area contributed by atoms with Crippen LogP contribution in [0.15, 0.2) is 24.3 Å². The lowest BCUT2D eigenvalue weighted by Gasteiger charge is -2.09. The van der Waals surface area contributed by atoms with E-state index in [0.717, 1.165) is 18.7 Å². The molecule has 0 unspecified atom stereocenters. The lowest BCUT2D eigenvalue weighted by atomic mass is 10.1. The lowest BCUT2D eigenvalue weighted by Crippen LogP contribution is -2.08. The number of aromatic nitrogens is 4. The first-order valence-corrected chi connectivity index (χ1v) is 6.38. The summed E-state index contributed by atoms with van der Waals surface area (Å²) in [6.45, 7) is 0. The van der Waals surface area contributed by atoms with Crippen LogP contribution in [0.5, 0.6) is 0 Å². The first-order valence-electron chi connectivity index (χ1n) is 6.38. The van der Waals surface area contributed by atoms with Crippen LogP contribution >= 0.6 is 0 Å². The fourth-order valence-electron chi connectivity index (χ4n) is 2.59. The fourth-order valence-corrected chi connectivity index (χ4v) is 2.59. The van der Waals surface area contributed by atoms with Crippen LogP contribution in [-0.4, -0.2) is 31.3 Å². The molecule has 0 radical (unpaired) electrons. The predicted octanol–water partition coefficient (Wildman–Crippen LogP) is 2.02. The van der Waals surface area contributed by atoms with Gasteiger partial charge in [0.2, 0.25) is 0 Å². The minimum absolute atomic E-state index is 0.241. The van der Waals surface area contributed by atoms with Crippen molar-refractivity contribution in [2.45, 2.75) is 31.6 Å². The van der Waals surface area contributed by atoms with Crippen molar-refractivity contribution < 1.29 is 9.90 Å². The number of nitrogens with zero attached hydrogens (tertiary/aromatic N) is 4. The Hall–Kier alpha value is -2.24. The van der Waals surface area contributed by atoms with Crippen LogP contribution < -0.4 is 0 Å². The van der Waals surface area contributed by atoms with Gasteiger partial charge in [0.25, 0.3) is 0 Å². The van der Waals surface area contributed by atoms with Crippen molar-refractivity contribution in [3.63, 3.8) is 0 Å². The molecule has 1 saturated carbocycles. The number of aromatic carboxylic acids is 1. The molecule has 0 spiro atoms. The van der Waals surface area contributed by atoms with E-state index >= 15 is 0 Å². The van der Waals surface area contributed by atoms with E-state index in [0.29, 0.717) is 11.6 Å². The van der Waals surface area contributed by atoms with Gasteiger partial charge in [-0.25, -0.2) is 4.79 Å². The molecule has 1 aliphatic carbocycles. The third kappa shape index (κ3) is 2.21. The second kappa shape index (κ2) is 4.79. The van der Waals surface area contributed by atoms with E-state index in [2.05, 4.69) is 15.5 Å². The van der Waals surface area contributed by atoms with E-state index in [-0.39, 0.29) is 5.56 Å². The van der Waals surface area contributed by atoms with E-state index in [1.165, 1.54) is 12.8 Å². The predicted molar refractivity (Wildman–Crippen MR) is 67.3 cm³/mol. The van der Waals surface area contributed by atoms with Gasteiger partial charge in [-0.15, -0.1) is 5.10 Å². The normalized spacial score (nSPS) is 15.8. The Bertz CT molecular complexity index is 602. The standard InChI is InChI=1S/C13H14N4O2/c18-13(19)10-6-3-7-11(8-10)17-12(14-15-16-17)9-4-1-2-5-9/h3,6-9H,1-2,4-5H2,(H,18,19). The van der Waals surface area contributed by atoms with Crippen LogP contribution in [0.25, 0.3) is 5.69 Å². The molecule has 0 aliphatic heterocycles. The van der Waals surface area contributed by atoms with Gasteiger partial charge in [0.05, 0.1) is 11.3 Å². The highest BCUT2D eigenvalue weighted by atomic mass is 16.4. The van der Waals surface area contributed by atoms with Gasteiger partial charge in [-0.05, 0) is 41.5 Å². The minimum Gasteiger partial charge on any atom is -0.478 e. The average molecular weight is 258 g/mol. The maximum absolute atomic E-state index is 11.0. The molecular formula is C13H14N4O2. The van der Waals surface area contributed by atoms with Gasteiger partial charge < -0.3 is 5.11 Å². The van der Waals surface area contributed by atoms with Crippen molar-refractivity contribution in [2.24, 2.45) is 0 Å². The summed E-state index contributed by atoms with van der Waals surface area (Å²) in [5, 5.41) is 20.9. The zero-order chi connectivity index (χ0) is 13.2. The Morgan fingerprint density at radius 1 is 1.32 bits per heavy atom. The number of carboxylic acid groups (broad SMARTS) is 1. The molecule has 0 amide bonds. The number of rotatable bonds is 3. The van der Waals surface area contributed by atoms with Crippen LogP contribution in [0.4, 0.5) is 0 Å². The highest BCUT2D eigenvalue weighted by Crippen LogP contribution is 2.33. The number of hydrogen-bond acceptors (Lipinski definition) is 4. The van der Waals surface area contributed by atoms with Crippen LogP contribution in [0.2, 0.25) is 0 Å². The summed E-state index contributed by atoms with van der Waals surface area (Å²) >= 11 is 0. The van der Waals surface area contributed by atoms with E-state index in [9.17, 15) is 4.79 Å². The van der Waals surface area contributed by atoms with Gasteiger partial charge in [-0.1, -0.05) is 18.9 Å². The molecule has 1 heterocycles. The third-order valence-electron chi connectivity index (χ3n) is 3.55. The monoisotopic (exact) mass is 258 g/mol. The van der Waals surface area contributed by atoms with Crippen LogP contribution in [-0.2, 0) is 0 Å². The molecule has 6 nitrogen and oxygen atoms in total. The largest absolute Gasteiger partial charge is 0.478 e.